The third-order valence-corrected chi connectivity index (χ3v) is 10.7. The second-order valence-corrected chi connectivity index (χ2v) is 16.9. The molecule has 71 heavy (non-hydrogen) atoms. The van der Waals surface area contributed by atoms with Crippen molar-refractivity contribution < 1.29 is 92.1 Å². The van der Waals surface area contributed by atoms with Gasteiger partial charge in [0.25, 0.3) is 0 Å². The molecule has 0 radical (unpaired) electrons. The summed E-state index contributed by atoms with van der Waals surface area (Å²) in [5, 5.41) is 44.6. The quantitative estimate of drug-likeness (QED) is 0.0455. The number of hydrogen-bond acceptors (Lipinski definition) is 15. The molecule has 0 aliphatic carbocycles. The number of hydrogen-bond donors (Lipinski definition) is 7. The van der Waals surface area contributed by atoms with Crippen molar-refractivity contribution in [3.63, 3.8) is 0 Å². The number of amides is 3. The summed E-state index contributed by atoms with van der Waals surface area (Å²) in [6.07, 6.45) is 7.50. The fourth-order valence-electron chi connectivity index (χ4n) is 6.70. The molecule has 0 aliphatic heterocycles. The molecule has 1 rings (SSSR count). The molecular weight excluding hydrogens is 935 g/mol. The Morgan fingerprint density at radius 1 is 0.479 bits per heavy atom. The summed E-state index contributed by atoms with van der Waals surface area (Å²) in [5.41, 5.74) is 0.209. The average molecular weight is 1010 g/mol. The van der Waals surface area contributed by atoms with E-state index in [0.29, 0.717) is 57.9 Å². The summed E-state index contributed by atoms with van der Waals surface area (Å²) in [6, 6.07) is 3.85. The molecule has 0 aromatic heterocycles. The van der Waals surface area contributed by atoms with E-state index in [9.17, 15) is 63.3 Å². The van der Waals surface area contributed by atoms with Gasteiger partial charge in [-0.2, -0.15) is 0 Å². The van der Waals surface area contributed by atoms with Gasteiger partial charge in [-0.15, -0.1) is 0 Å². The van der Waals surface area contributed by atoms with Crippen LogP contribution in [0.1, 0.15) is 139 Å². The van der Waals surface area contributed by atoms with E-state index >= 15 is 0 Å². The van der Waals surface area contributed by atoms with Gasteiger partial charge in [0, 0.05) is 64.9 Å². The molecule has 0 heterocycles. The van der Waals surface area contributed by atoms with Crippen molar-refractivity contribution in [1.29, 1.82) is 0 Å². The van der Waals surface area contributed by atoms with Gasteiger partial charge in [-0.25, -0.2) is 14.4 Å². The standard InChI is InChI=1S/C49H75N3O19/c1-35(53)14-21-41(48(63)64)52-44(57)23-17-37(47(61)62)32-39(55)33-70-31-30-68-29-24-50-45(58)34-69-26-10-9-25-67-27-11-12-38(54)18-22-42(49(65)66)51-43(56)13-7-5-3-2-4-6-8-28-71-40-19-15-36(16-20-40)46(59)60/h15-16,19-20,37,41-42H,2-14,17-18,21-34H2,1H3,(H,50,58)(H,51,56)(H,52,57)(H,59,60)(H,61,62)(H,63,64)(H,65,66)/t37?,41-,42-/m0/s1. The van der Waals surface area contributed by atoms with E-state index in [0.717, 1.165) is 38.5 Å². The van der Waals surface area contributed by atoms with Crippen LogP contribution in [-0.4, -0.2) is 157 Å². The van der Waals surface area contributed by atoms with Crippen LogP contribution in [0.15, 0.2) is 24.3 Å². The molecule has 22 heteroatoms. The first-order valence-electron chi connectivity index (χ1n) is 24.3. The molecule has 3 amide bonds. The van der Waals surface area contributed by atoms with Crippen LogP contribution < -0.4 is 20.7 Å². The minimum Gasteiger partial charge on any atom is -0.494 e. The minimum absolute atomic E-state index is 0.00831. The summed E-state index contributed by atoms with van der Waals surface area (Å²) in [6.45, 7) is 2.92. The Labute approximate surface area is 414 Å². The van der Waals surface area contributed by atoms with Gasteiger partial charge in [0.05, 0.1) is 37.9 Å². The van der Waals surface area contributed by atoms with Gasteiger partial charge in [0.2, 0.25) is 17.7 Å². The molecule has 1 unspecified atom stereocenters. The lowest BCUT2D eigenvalue weighted by atomic mass is 9.97. The molecule has 0 bridgehead atoms. The number of carboxylic acid groups (broad SMARTS) is 4. The van der Waals surface area contributed by atoms with Crippen LogP contribution >= 0.6 is 0 Å². The van der Waals surface area contributed by atoms with E-state index < -0.39 is 60.0 Å². The van der Waals surface area contributed by atoms with Gasteiger partial charge >= 0.3 is 23.9 Å². The number of carbonyl (C=O) groups is 10. The van der Waals surface area contributed by atoms with Crippen LogP contribution in [0.3, 0.4) is 0 Å². The highest BCUT2D eigenvalue weighted by Gasteiger charge is 2.25. The van der Waals surface area contributed by atoms with Crippen LogP contribution in [0.2, 0.25) is 0 Å². The van der Waals surface area contributed by atoms with Crippen LogP contribution in [0.5, 0.6) is 5.75 Å². The van der Waals surface area contributed by atoms with Crippen LogP contribution in [0.4, 0.5) is 0 Å². The fraction of sp³-hybridized carbons (Fsp3) is 0.673. The number of aromatic carboxylic acids is 1. The van der Waals surface area contributed by atoms with Crippen LogP contribution in [0, 0.1) is 5.92 Å². The minimum atomic E-state index is -1.32. The van der Waals surface area contributed by atoms with E-state index in [1.807, 2.05) is 0 Å². The Morgan fingerprint density at radius 2 is 1.01 bits per heavy atom. The Kier molecular flexibility index (Phi) is 35.4. The number of ether oxygens (including phenoxy) is 5. The first-order chi connectivity index (χ1) is 34.0. The molecular formula is C49H75N3O19. The van der Waals surface area contributed by atoms with E-state index in [1.54, 1.807) is 12.1 Å². The van der Waals surface area contributed by atoms with Crippen molar-refractivity contribution >= 4 is 58.9 Å². The van der Waals surface area contributed by atoms with E-state index in [2.05, 4.69) is 16.0 Å². The average Bonchev–Trinajstić information content (AvgIpc) is 3.32. The smallest absolute Gasteiger partial charge is 0.335 e. The Hall–Kier alpha value is -5.84. The Morgan fingerprint density at radius 3 is 1.63 bits per heavy atom. The maximum absolute atomic E-state index is 12.4. The van der Waals surface area contributed by atoms with Crippen molar-refractivity contribution in [2.75, 3.05) is 66.0 Å². The number of nitrogens with one attached hydrogen (secondary N) is 3. The number of rotatable bonds is 47. The fourth-order valence-corrected chi connectivity index (χ4v) is 6.70. The molecule has 3 atom stereocenters. The third kappa shape index (κ3) is 35.0. The summed E-state index contributed by atoms with van der Waals surface area (Å²) in [7, 11) is 0. The topological polar surface area (TPSA) is 334 Å². The number of carbonyl (C=O) groups excluding carboxylic acids is 6. The molecule has 1 aromatic rings. The summed E-state index contributed by atoms with van der Waals surface area (Å²) in [4.78, 5) is 118. The lowest BCUT2D eigenvalue weighted by Gasteiger charge is -2.15. The lowest BCUT2D eigenvalue weighted by Crippen LogP contribution is -2.41. The zero-order valence-corrected chi connectivity index (χ0v) is 41.0. The number of Topliss-reactive ketones (excluding diaryl/α,β-unsaturated/α-hetero) is 3. The number of ketones is 3. The molecule has 22 nitrogen and oxygen atoms in total. The zero-order valence-electron chi connectivity index (χ0n) is 41.0. The second-order valence-electron chi connectivity index (χ2n) is 16.9. The molecule has 0 fully saturated rings. The van der Waals surface area contributed by atoms with Gasteiger partial charge in [-0.3, -0.25) is 28.8 Å². The number of aliphatic carboxylic acids is 3. The second kappa shape index (κ2) is 39.8. The van der Waals surface area contributed by atoms with Gasteiger partial charge < -0.3 is 64.9 Å². The van der Waals surface area contributed by atoms with E-state index in [4.69, 9.17) is 28.8 Å². The zero-order chi connectivity index (χ0) is 52.7. The molecule has 0 saturated carbocycles. The Balaban J connectivity index is 1.99. The lowest BCUT2D eigenvalue weighted by molar-refractivity contribution is -0.145. The van der Waals surface area contributed by atoms with Crippen LogP contribution in [-0.2, 0) is 62.1 Å². The summed E-state index contributed by atoms with van der Waals surface area (Å²) in [5.74, 6) is -7.58. The molecule has 0 saturated heterocycles. The van der Waals surface area contributed by atoms with Gasteiger partial charge in [-0.1, -0.05) is 32.1 Å². The summed E-state index contributed by atoms with van der Waals surface area (Å²) < 4.78 is 27.2. The van der Waals surface area contributed by atoms with Crippen molar-refractivity contribution in [3.8, 4) is 5.75 Å². The summed E-state index contributed by atoms with van der Waals surface area (Å²) >= 11 is 0. The number of unbranched alkanes of at least 4 members (excludes halogenated alkanes) is 7. The predicted molar refractivity (Wildman–Crippen MR) is 254 cm³/mol. The normalized spacial score (nSPS) is 12.2. The van der Waals surface area contributed by atoms with Crippen LogP contribution in [0.25, 0.3) is 0 Å². The predicted octanol–water partition coefficient (Wildman–Crippen LogP) is 3.92. The number of benzene rings is 1. The SMILES string of the molecule is CC(=O)CC[C@H](NC(=O)CCC(CC(=O)COCCOCCNC(=O)COCCCCOCCCC(=O)CC[C@H](NC(=O)CCCCCCCCCOc1ccc(C(=O)O)cc1)C(=O)O)C(=O)O)C(=O)O. The van der Waals surface area contributed by atoms with Crippen molar-refractivity contribution in [2.45, 2.75) is 141 Å². The molecule has 1 aromatic carbocycles. The molecule has 0 aliphatic rings. The first-order valence-corrected chi connectivity index (χ1v) is 24.3. The molecule has 0 spiro atoms. The van der Waals surface area contributed by atoms with Crippen molar-refractivity contribution in [1.82, 2.24) is 16.0 Å². The highest BCUT2D eigenvalue weighted by molar-refractivity contribution is 5.88. The van der Waals surface area contributed by atoms with Gasteiger partial charge in [0.1, 0.15) is 42.6 Å². The van der Waals surface area contributed by atoms with Gasteiger partial charge in [0.15, 0.2) is 5.78 Å². The maximum Gasteiger partial charge on any atom is 0.335 e. The van der Waals surface area contributed by atoms with E-state index in [1.165, 1.54) is 19.1 Å². The first kappa shape index (κ1) is 63.2. The third-order valence-electron chi connectivity index (χ3n) is 10.7. The highest BCUT2D eigenvalue weighted by atomic mass is 16.5. The monoisotopic (exact) mass is 1010 g/mol. The van der Waals surface area contributed by atoms with E-state index in [-0.39, 0.29) is 120 Å². The van der Waals surface area contributed by atoms with Crippen molar-refractivity contribution in [2.24, 2.45) is 5.92 Å². The molecule has 7 N–H and O–H groups in total. The largest absolute Gasteiger partial charge is 0.494 e. The van der Waals surface area contributed by atoms with Gasteiger partial charge in [-0.05, 0) is 82.6 Å². The highest BCUT2D eigenvalue weighted by Crippen LogP contribution is 2.16. The Bertz CT molecular complexity index is 1790. The van der Waals surface area contributed by atoms with Crippen molar-refractivity contribution in [3.05, 3.63) is 29.8 Å². The molecule has 400 valence electrons. The maximum atomic E-state index is 12.4. The number of carboxylic acids is 4.